The number of hydrazone groups is 1. The molecule has 1 N–H and O–H groups in total. The molecule has 0 aliphatic carbocycles. The third kappa shape index (κ3) is 4.81. The van der Waals surface area contributed by atoms with Crippen LogP contribution in [-0.2, 0) is 6.61 Å². The molecule has 2 aromatic carbocycles. The van der Waals surface area contributed by atoms with Gasteiger partial charge in [-0.1, -0.05) is 36.4 Å². The Kier molecular flexibility index (Phi) is 5.70. The molecule has 0 atom stereocenters. The summed E-state index contributed by atoms with van der Waals surface area (Å²) in [7, 11) is 0. The maximum atomic E-state index is 5.83. The van der Waals surface area contributed by atoms with Gasteiger partial charge in [0.15, 0.2) is 0 Å². The Bertz CT molecular complexity index is 1030. The Morgan fingerprint density at radius 1 is 1.00 bits per heavy atom. The third-order valence-electron chi connectivity index (χ3n) is 3.96. The summed E-state index contributed by atoms with van der Waals surface area (Å²) in [6, 6.07) is 21.9. The van der Waals surface area contributed by atoms with Crippen molar-refractivity contribution < 1.29 is 4.74 Å². The fraction of sp³-hybridized carbons (Fsp3) is 0.0455. The molecule has 6 heteroatoms. The van der Waals surface area contributed by atoms with Crippen LogP contribution < -0.4 is 10.2 Å². The van der Waals surface area contributed by atoms with E-state index in [1.807, 2.05) is 60.0 Å². The average molecular weight is 386 g/mol. The normalized spacial score (nSPS) is 10.9. The first-order chi connectivity index (χ1) is 13.9. The second-order valence-corrected chi connectivity index (χ2v) is 6.85. The molecule has 0 spiro atoms. The van der Waals surface area contributed by atoms with Gasteiger partial charge in [-0.25, -0.2) is 4.98 Å². The predicted molar refractivity (Wildman–Crippen MR) is 114 cm³/mol. The Morgan fingerprint density at radius 3 is 2.64 bits per heavy atom. The van der Waals surface area contributed by atoms with Gasteiger partial charge in [-0.05, 0) is 35.9 Å². The van der Waals surface area contributed by atoms with Crippen molar-refractivity contribution in [3.05, 3.63) is 95.6 Å². The Hall–Kier alpha value is -3.51. The zero-order chi connectivity index (χ0) is 19.0. The number of thiazole rings is 1. The van der Waals surface area contributed by atoms with Crippen molar-refractivity contribution in [2.75, 3.05) is 5.43 Å². The quantitative estimate of drug-likeness (QED) is 0.349. The lowest BCUT2D eigenvalue weighted by Gasteiger charge is -2.06. The number of rotatable bonds is 7. The van der Waals surface area contributed by atoms with Crippen molar-refractivity contribution >= 4 is 22.7 Å². The van der Waals surface area contributed by atoms with E-state index in [0.29, 0.717) is 6.61 Å². The van der Waals surface area contributed by atoms with Gasteiger partial charge in [-0.3, -0.25) is 10.4 Å². The lowest BCUT2D eigenvalue weighted by molar-refractivity contribution is 0.306. The maximum absolute atomic E-state index is 5.83. The van der Waals surface area contributed by atoms with Crippen molar-refractivity contribution in [2.45, 2.75) is 6.61 Å². The molecule has 0 bridgehead atoms. The summed E-state index contributed by atoms with van der Waals surface area (Å²) >= 11 is 1.51. The highest BCUT2D eigenvalue weighted by atomic mass is 32.1. The minimum Gasteiger partial charge on any atom is -0.489 e. The van der Waals surface area contributed by atoms with Crippen LogP contribution in [0.15, 0.2) is 89.6 Å². The molecule has 0 aliphatic heterocycles. The van der Waals surface area contributed by atoms with Gasteiger partial charge in [0, 0.05) is 28.9 Å². The van der Waals surface area contributed by atoms with Crippen molar-refractivity contribution in [2.24, 2.45) is 5.10 Å². The van der Waals surface area contributed by atoms with Crippen LogP contribution in [-0.4, -0.2) is 16.2 Å². The van der Waals surface area contributed by atoms with Gasteiger partial charge in [-0.15, -0.1) is 11.3 Å². The van der Waals surface area contributed by atoms with Gasteiger partial charge in [0.2, 0.25) is 5.13 Å². The first-order valence-electron chi connectivity index (χ1n) is 8.79. The first-order valence-corrected chi connectivity index (χ1v) is 9.66. The minimum absolute atomic E-state index is 0.555. The van der Waals surface area contributed by atoms with E-state index in [9.17, 15) is 0 Å². The maximum Gasteiger partial charge on any atom is 0.203 e. The van der Waals surface area contributed by atoms with Crippen LogP contribution in [0.1, 0.15) is 11.1 Å². The third-order valence-corrected chi connectivity index (χ3v) is 4.71. The molecule has 2 aromatic heterocycles. The lowest BCUT2D eigenvalue weighted by Crippen LogP contribution is -1.94. The molecule has 138 valence electrons. The summed E-state index contributed by atoms with van der Waals surface area (Å²) in [5.74, 6) is 0.835. The van der Waals surface area contributed by atoms with Crippen LogP contribution in [0.2, 0.25) is 0 Å². The molecule has 0 aliphatic rings. The van der Waals surface area contributed by atoms with E-state index < -0.39 is 0 Å². The summed E-state index contributed by atoms with van der Waals surface area (Å²) in [5, 5.41) is 6.94. The summed E-state index contributed by atoms with van der Waals surface area (Å²) in [6.07, 6.45) is 5.20. The zero-order valence-electron chi connectivity index (χ0n) is 15.0. The van der Waals surface area contributed by atoms with Crippen LogP contribution in [0.5, 0.6) is 5.75 Å². The average Bonchev–Trinajstić information content (AvgIpc) is 3.23. The van der Waals surface area contributed by atoms with E-state index in [0.717, 1.165) is 33.3 Å². The minimum atomic E-state index is 0.555. The number of hydrogen-bond acceptors (Lipinski definition) is 6. The highest BCUT2D eigenvalue weighted by Crippen LogP contribution is 2.26. The van der Waals surface area contributed by atoms with Crippen LogP contribution in [0.3, 0.4) is 0 Å². The van der Waals surface area contributed by atoms with E-state index in [1.54, 1.807) is 18.6 Å². The van der Waals surface area contributed by atoms with Gasteiger partial charge in [0.1, 0.15) is 12.4 Å². The van der Waals surface area contributed by atoms with Gasteiger partial charge < -0.3 is 4.74 Å². The monoisotopic (exact) mass is 386 g/mol. The highest BCUT2D eigenvalue weighted by molar-refractivity contribution is 7.14. The lowest BCUT2D eigenvalue weighted by atomic mass is 10.2. The summed E-state index contributed by atoms with van der Waals surface area (Å²) in [6.45, 7) is 0.555. The van der Waals surface area contributed by atoms with E-state index in [1.165, 1.54) is 11.3 Å². The molecule has 0 fully saturated rings. The standard InChI is InChI=1S/C22H18N4OS/c1-2-5-17(6-3-1)15-27-20-10-8-19(9-11-20)21-16-28-22(25-21)26-24-14-18-7-4-12-23-13-18/h1-14,16H,15H2,(H,25,26)/b24-14+. The summed E-state index contributed by atoms with van der Waals surface area (Å²) in [4.78, 5) is 8.62. The SMILES string of the molecule is C(=N\Nc1nc(-c2ccc(OCc3ccccc3)cc2)cs1)/c1cccnc1. The van der Waals surface area contributed by atoms with Crippen LogP contribution in [0.4, 0.5) is 5.13 Å². The summed E-state index contributed by atoms with van der Waals surface area (Å²) in [5.41, 5.74) is 6.97. The highest BCUT2D eigenvalue weighted by Gasteiger charge is 2.05. The van der Waals surface area contributed by atoms with Gasteiger partial charge in [0.05, 0.1) is 11.9 Å². The van der Waals surface area contributed by atoms with Crippen molar-refractivity contribution in [3.8, 4) is 17.0 Å². The summed E-state index contributed by atoms with van der Waals surface area (Å²) < 4.78 is 5.83. The largest absolute Gasteiger partial charge is 0.489 e. The fourth-order valence-electron chi connectivity index (χ4n) is 2.53. The molecule has 0 radical (unpaired) electrons. The van der Waals surface area contributed by atoms with Gasteiger partial charge in [0.25, 0.3) is 0 Å². The number of ether oxygens (including phenoxy) is 1. The molecule has 2 heterocycles. The number of benzene rings is 2. The fourth-order valence-corrected chi connectivity index (χ4v) is 3.20. The number of nitrogens with one attached hydrogen (secondary N) is 1. The van der Waals surface area contributed by atoms with Crippen LogP contribution in [0, 0.1) is 0 Å². The molecule has 4 rings (SSSR count). The second kappa shape index (κ2) is 8.92. The Balaban J connectivity index is 1.35. The molecule has 0 saturated carbocycles. The number of aromatic nitrogens is 2. The Morgan fingerprint density at radius 2 is 1.86 bits per heavy atom. The molecule has 0 amide bonds. The zero-order valence-corrected chi connectivity index (χ0v) is 15.8. The number of pyridine rings is 1. The smallest absolute Gasteiger partial charge is 0.203 e. The number of nitrogens with zero attached hydrogens (tertiary/aromatic N) is 3. The van der Waals surface area contributed by atoms with Crippen molar-refractivity contribution in [1.29, 1.82) is 0 Å². The van der Waals surface area contributed by atoms with Crippen molar-refractivity contribution in [3.63, 3.8) is 0 Å². The number of hydrogen-bond donors (Lipinski definition) is 1. The number of anilines is 1. The molecular weight excluding hydrogens is 368 g/mol. The molecule has 5 nitrogen and oxygen atoms in total. The van der Waals surface area contributed by atoms with E-state index in [2.05, 4.69) is 32.6 Å². The van der Waals surface area contributed by atoms with E-state index >= 15 is 0 Å². The van der Waals surface area contributed by atoms with E-state index in [-0.39, 0.29) is 0 Å². The van der Waals surface area contributed by atoms with Crippen molar-refractivity contribution in [1.82, 2.24) is 9.97 Å². The molecular formula is C22H18N4OS. The van der Waals surface area contributed by atoms with Crippen LogP contribution in [0.25, 0.3) is 11.3 Å². The first kappa shape index (κ1) is 17.9. The van der Waals surface area contributed by atoms with E-state index in [4.69, 9.17) is 4.74 Å². The van der Waals surface area contributed by atoms with Gasteiger partial charge >= 0.3 is 0 Å². The molecule has 4 aromatic rings. The molecule has 0 saturated heterocycles. The van der Waals surface area contributed by atoms with Crippen LogP contribution >= 0.6 is 11.3 Å². The molecule has 28 heavy (non-hydrogen) atoms. The predicted octanol–water partition coefficient (Wildman–Crippen LogP) is 5.23. The topological polar surface area (TPSA) is 59.4 Å². The molecule has 0 unspecified atom stereocenters. The Labute approximate surface area is 167 Å². The van der Waals surface area contributed by atoms with Gasteiger partial charge in [-0.2, -0.15) is 5.10 Å². The second-order valence-electron chi connectivity index (χ2n) is 5.99.